The van der Waals surface area contributed by atoms with Gasteiger partial charge >= 0.3 is 0 Å². The summed E-state index contributed by atoms with van der Waals surface area (Å²) in [7, 11) is 3.58. The molecular weight excluding hydrogens is 314 g/mol. The zero-order valence-corrected chi connectivity index (χ0v) is 15.8. The highest BCUT2D eigenvalue weighted by Gasteiger charge is 2.26. The second kappa shape index (κ2) is 8.99. The molecule has 2 N–H and O–H groups in total. The minimum Gasteiger partial charge on any atom is -0.355 e. The van der Waals surface area contributed by atoms with Gasteiger partial charge in [0, 0.05) is 25.2 Å². The molecular formula is C20H31N3O2. The van der Waals surface area contributed by atoms with Crippen molar-refractivity contribution in [3.05, 3.63) is 35.4 Å². The van der Waals surface area contributed by atoms with Gasteiger partial charge in [-0.25, -0.2) is 0 Å². The van der Waals surface area contributed by atoms with Crippen molar-refractivity contribution >= 4 is 11.8 Å². The summed E-state index contributed by atoms with van der Waals surface area (Å²) < 4.78 is 0. The van der Waals surface area contributed by atoms with Crippen LogP contribution in [0.4, 0.5) is 0 Å². The summed E-state index contributed by atoms with van der Waals surface area (Å²) in [6, 6.07) is 7.63. The van der Waals surface area contributed by atoms with Gasteiger partial charge in [0.15, 0.2) is 0 Å². The first-order valence-electron chi connectivity index (χ1n) is 9.24. The van der Waals surface area contributed by atoms with E-state index in [1.807, 2.05) is 43.1 Å². The molecule has 0 unspecified atom stereocenters. The van der Waals surface area contributed by atoms with Crippen LogP contribution in [-0.4, -0.2) is 42.9 Å². The van der Waals surface area contributed by atoms with Gasteiger partial charge < -0.3 is 10.6 Å². The predicted molar refractivity (Wildman–Crippen MR) is 100 cm³/mol. The van der Waals surface area contributed by atoms with Gasteiger partial charge in [-0.1, -0.05) is 31.9 Å². The molecule has 2 rings (SSSR count). The maximum Gasteiger partial charge on any atom is 0.251 e. The third-order valence-corrected chi connectivity index (χ3v) is 5.35. The number of benzene rings is 1. The number of hydrogen-bond acceptors (Lipinski definition) is 3. The molecule has 1 aromatic carbocycles. The highest BCUT2D eigenvalue weighted by molar-refractivity contribution is 5.93. The van der Waals surface area contributed by atoms with Gasteiger partial charge in [0.25, 0.3) is 5.91 Å². The molecule has 1 saturated carbocycles. The molecule has 0 saturated heterocycles. The van der Waals surface area contributed by atoms with E-state index in [4.69, 9.17) is 0 Å². The molecule has 0 aliphatic heterocycles. The third kappa shape index (κ3) is 5.30. The van der Waals surface area contributed by atoms with Crippen LogP contribution in [0.25, 0.3) is 0 Å². The van der Waals surface area contributed by atoms with Crippen molar-refractivity contribution in [3.63, 3.8) is 0 Å². The van der Waals surface area contributed by atoms with E-state index in [1.54, 1.807) is 7.05 Å². The summed E-state index contributed by atoms with van der Waals surface area (Å²) in [4.78, 5) is 26.2. The van der Waals surface area contributed by atoms with Crippen molar-refractivity contribution in [2.24, 2.45) is 5.92 Å². The second-order valence-corrected chi connectivity index (χ2v) is 7.24. The first-order valence-corrected chi connectivity index (χ1v) is 9.24. The number of likely N-dealkylation sites (N-methyl/N-ethyl adjacent to an activating group) is 1. The van der Waals surface area contributed by atoms with E-state index in [0.29, 0.717) is 24.1 Å². The maximum absolute atomic E-state index is 12.6. The lowest BCUT2D eigenvalue weighted by Gasteiger charge is -2.32. The number of carbonyl (C=O) groups is 2. The number of amides is 2. The molecule has 5 heteroatoms. The van der Waals surface area contributed by atoms with Crippen molar-refractivity contribution in [3.8, 4) is 0 Å². The Morgan fingerprint density at radius 2 is 1.84 bits per heavy atom. The minimum absolute atomic E-state index is 0.0887. The fraction of sp³-hybridized carbons (Fsp3) is 0.600. The molecule has 138 valence electrons. The standard InChI is InChI=1S/C20H31N3O2/c1-14-7-5-6-8-18(14)22-19(24)15(2)23(4)13-16-9-11-17(12-10-16)20(25)21-3/h9-12,14-15,18H,5-8,13H2,1-4H3,(H,21,25)(H,22,24)/t14-,15-,18+/m1/s1. The normalized spacial score (nSPS) is 21.6. The molecule has 0 bridgehead atoms. The van der Waals surface area contributed by atoms with Gasteiger partial charge in [0.1, 0.15) is 0 Å². The van der Waals surface area contributed by atoms with Crippen LogP contribution in [0.2, 0.25) is 0 Å². The van der Waals surface area contributed by atoms with Crippen LogP contribution in [0.3, 0.4) is 0 Å². The monoisotopic (exact) mass is 345 g/mol. The number of rotatable bonds is 6. The van der Waals surface area contributed by atoms with Crippen LogP contribution in [0.1, 0.15) is 55.5 Å². The summed E-state index contributed by atoms with van der Waals surface area (Å²) in [6.45, 7) is 4.84. The Bertz CT molecular complexity index is 585. The first-order chi connectivity index (χ1) is 11.9. The van der Waals surface area contributed by atoms with Crippen molar-refractivity contribution in [2.75, 3.05) is 14.1 Å². The first kappa shape index (κ1) is 19.4. The SMILES string of the molecule is CNC(=O)c1ccc(CN(C)[C@H](C)C(=O)N[C@H]2CCCC[C@H]2C)cc1. The Morgan fingerprint density at radius 3 is 2.44 bits per heavy atom. The van der Waals surface area contributed by atoms with Crippen molar-refractivity contribution in [1.82, 2.24) is 15.5 Å². The van der Waals surface area contributed by atoms with Crippen molar-refractivity contribution < 1.29 is 9.59 Å². The molecule has 1 aliphatic rings. The fourth-order valence-corrected chi connectivity index (χ4v) is 3.36. The van der Waals surface area contributed by atoms with Gasteiger partial charge in [-0.05, 0) is 50.4 Å². The summed E-state index contributed by atoms with van der Waals surface area (Å²) >= 11 is 0. The van der Waals surface area contributed by atoms with E-state index in [0.717, 1.165) is 12.0 Å². The van der Waals surface area contributed by atoms with Crippen LogP contribution >= 0.6 is 0 Å². The van der Waals surface area contributed by atoms with Crippen LogP contribution in [0, 0.1) is 5.92 Å². The van der Waals surface area contributed by atoms with E-state index < -0.39 is 0 Å². The Morgan fingerprint density at radius 1 is 1.20 bits per heavy atom. The van der Waals surface area contributed by atoms with E-state index >= 15 is 0 Å². The number of hydrogen-bond donors (Lipinski definition) is 2. The lowest BCUT2D eigenvalue weighted by atomic mass is 9.86. The summed E-state index contributed by atoms with van der Waals surface area (Å²) in [5.41, 5.74) is 1.73. The molecule has 0 aromatic heterocycles. The van der Waals surface area contributed by atoms with Gasteiger partial charge in [-0.15, -0.1) is 0 Å². The predicted octanol–water partition coefficient (Wildman–Crippen LogP) is 2.56. The van der Waals surface area contributed by atoms with Crippen LogP contribution in [-0.2, 0) is 11.3 Å². The molecule has 1 fully saturated rings. The Balaban J connectivity index is 1.89. The summed E-state index contributed by atoms with van der Waals surface area (Å²) in [5.74, 6) is 0.574. The van der Waals surface area contributed by atoms with E-state index in [2.05, 4.69) is 17.6 Å². The van der Waals surface area contributed by atoms with Crippen molar-refractivity contribution in [2.45, 2.75) is 58.2 Å². The Labute approximate surface area is 151 Å². The average Bonchev–Trinajstić information content (AvgIpc) is 2.62. The number of carbonyl (C=O) groups excluding carboxylic acids is 2. The Kier molecular flexibility index (Phi) is 7.00. The highest BCUT2D eigenvalue weighted by Crippen LogP contribution is 2.23. The number of nitrogens with zero attached hydrogens (tertiary/aromatic N) is 1. The fourth-order valence-electron chi connectivity index (χ4n) is 3.36. The maximum atomic E-state index is 12.6. The minimum atomic E-state index is -0.187. The molecule has 5 nitrogen and oxygen atoms in total. The van der Waals surface area contributed by atoms with Crippen LogP contribution in [0.15, 0.2) is 24.3 Å². The topological polar surface area (TPSA) is 61.4 Å². The highest BCUT2D eigenvalue weighted by atomic mass is 16.2. The third-order valence-electron chi connectivity index (χ3n) is 5.35. The van der Waals surface area contributed by atoms with E-state index in [9.17, 15) is 9.59 Å². The van der Waals surface area contributed by atoms with Gasteiger partial charge in [0.2, 0.25) is 5.91 Å². The molecule has 2 amide bonds. The molecule has 1 aliphatic carbocycles. The van der Waals surface area contributed by atoms with Gasteiger partial charge in [-0.2, -0.15) is 0 Å². The summed E-state index contributed by atoms with van der Waals surface area (Å²) in [6.07, 6.45) is 4.77. The quantitative estimate of drug-likeness (QED) is 0.833. The van der Waals surface area contributed by atoms with E-state index in [-0.39, 0.29) is 17.9 Å². The number of nitrogens with one attached hydrogen (secondary N) is 2. The van der Waals surface area contributed by atoms with E-state index in [1.165, 1.54) is 19.3 Å². The molecule has 1 aromatic rings. The molecule has 0 radical (unpaired) electrons. The largest absolute Gasteiger partial charge is 0.355 e. The molecule has 3 atom stereocenters. The molecule has 0 heterocycles. The Hall–Kier alpha value is -1.88. The van der Waals surface area contributed by atoms with Gasteiger partial charge in [-0.3, -0.25) is 14.5 Å². The lowest BCUT2D eigenvalue weighted by Crippen LogP contribution is -2.49. The molecule has 0 spiro atoms. The van der Waals surface area contributed by atoms with Crippen molar-refractivity contribution in [1.29, 1.82) is 0 Å². The molecule has 25 heavy (non-hydrogen) atoms. The van der Waals surface area contributed by atoms with Gasteiger partial charge in [0.05, 0.1) is 6.04 Å². The zero-order chi connectivity index (χ0) is 18.4. The lowest BCUT2D eigenvalue weighted by molar-refractivity contribution is -0.126. The van der Waals surface area contributed by atoms with Crippen LogP contribution in [0.5, 0.6) is 0 Å². The van der Waals surface area contributed by atoms with Crippen LogP contribution < -0.4 is 10.6 Å². The summed E-state index contributed by atoms with van der Waals surface area (Å²) in [5, 5.41) is 5.85. The second-order valence-electron chi connectivity index (χ2n) is 7.24. The smallest absolute Gasteiger partial charge is 0.251 e. The zero-order valence-electron chi connectivity index (χ0n) is 15.8. The average molecular weight is 345 g/mol.